The summed E-state index contributed by atoms with van der Waals surface area (Å²) >= 11 is 0. The highest BCUT2D eigenvalue weighted by molar-refractivity contribution is 5.83. The first-order valence-electron chi connectivity index (χ1n) is 5.22. The molecule has 0 radical (unpaired) electrons. The first-order chi connectivity index (χ1) is 6.61. The molecule has 0 aromatic carbocycles. The lowest BCUT2D eigenvalue weighted by molar-refractivity contribution is 0.123. The van der Waals surface area contributed by atoms with Gasteiger partial charge in [-0.25, -0.2) is 8.78 Å². The number of nitrogens with two attached hydrogens (primary N) is 1. The number of amidine groups is 1. The number of hydrogen-bond acceptors (Lipinski definition) is 1. The van der Waals surface area contributed by atoms with Crippen LogP contribution in [0.15, 0.2) is 4.99 Å². The zero-order valence-electron chi connectivity index (χ0n) is 8.55. The van der Waals surface area contributed by atoms with Gasteiger partial charge in [-0.3, -0.25) is 4.99 Å². The summed E-state index contributed by atoms with van der Waals surface area (Å²) in [7, 11) is 0. The van der Waals surface area contributed by atoms with Crippen molar-refractivity contribution in [3.63, 3.8) is 0 Å². The highest BCUT2D eigenvalue weighted by atomic mass is 19.3. The molecule has 0 aromatic rings. The summed E-state index contributed by atoms with van der Waals surface area (Å²) in [5.74, 6) is 0.669. The second-order valence-electron chi connectivity index (χ2n) is 3.96. The van der Waals surface area contributed by atoms with Crippen LogP contribution in [0, 0.1) is 5.92 Å². The van der Waals surface area contributed by atoms with Crippen molar-refractivity contribution in [3.05, 3.63) is 0 Å². The second-order valence-corrected chi connectivity index (χ2v) is 3.96. The van der Waals surface area contributed by atoms with Crippen molar-refractivity contribution in [1.82, 2.24) is 0 Å². The number of halogens is 2. The molecule has 0 saturated heterocycles. The Hall–Kier alpha value is -0.670. The molecule has 0 amide bonds. The van der Waals surface area contributed by atoms with E-state index in [1.807, 2.05) is 0 Å². The SMILES string of the molecule is CC(N=C(N)C1CCCCC1)C(F)F. The predicted molar refractivity (Wildman–Crippen MR) is 53.7 cm³/mol. The maximum atomic E-state index is 12.2. The molecule has 0 aliphatic heterocycles. The van der Waals surface area contributed by atoms with Crippen LogP contribution in [0.25, 0.3) is 0 Å². The molecule has 1 aliphatic carbocycles. The Balaban J connectivity index is 2.49. The van der Waals surface area contributed by atoms with Crippen LogP contribution in [0.4, 0.5) is 8.78 Å². The van der Waals surface area contributed by atoms with Crippen molar-refractivity contribution in [2.75, 3.05) is 0 Å². The summed E-state index contributed by atoms with van der Waals surface area (Å²) in [6.45, 7) is 1.40. The zero-order valence-corrected chi connectivity index (χ0v) is 8.55. The Bertz CT molecular complexity index is 198. The summed E-state index contributed by atoms with van der Waals surface area (Å²) in [5.41, 5.74) is 5.70. The fraction of sp³-hybridized carbons (Fsp3) is 0.900. The van der Waals surface area contributed by atoms with Crippen LogP contribution in [0.1, 0.15) is 39.0 Å². The van der Waals surface area contributed by atoms with Crippen molar-refractivity contribution in [2.45, 2.75) is 51.5 Å². The third kappa shape index (κ3) is 3.24. The van der Waals surface area contributed by atoms with E-state index >= 15 is 0 Å². The monoisotopic (exact) mass is 204 g/mol. The van der Waals surface area contributed by atoms with Crippen molar-refractivity contribution in [2.24, 2.45) is 16.6 Å². The summed E-state index contributed by atoms with van der Waals surface area (Å²) in [6.07, 6.45) is 3.12. The van der Waals surface area contributed by atoms with E-state index in [0.29, 0.717) is 5.84 Å². The minimum absolute atomic E-state index is 0.241. The minimum Gasteiger partial charge on any atom is -0.387 e. The Morgan fingerprint density at radius 3 is 2.36 bits per heavy atom. The summed E-state index contributed by atoms with van der Waals surface area (Å²) in [6, 6.07) is -0.961. The Labute approximate surface area is 83.6 Å². The van der Waals surface area contributed by atoms with Gasteiger partial charge in [-0.1, -0.05) is 19.3 Å². The van der Waals surface area contributed by atoms with Gasteiger partial charge < -0.3 is 5.73 Å². The number of rotatable bonds is 3. The van der Waals surface area contributed by atoms with E-state index in [-0.39, 0.29) is 5.92 Å². The quantitative estimate of drug-likeness (QED) is 0.557. The van der Waals surface area contributed by atoms with Crippen LogP contribution in [-0.4, -0.2) is 18.3 Å². The van der Waals surface area contributed by atoms with Crippen molar-refractivity contribution in [3.8, 4) is 0 Å². The third-order valence-electron chi connectivity index (χ3n) is 2.74. The molecule has 2 nitrogen and oxygen atoms in total. The Morgan fingerprint density at radius 1 is 1.29 bits per heavy atom. The minimum atomic E-state index is -2.41. The van der Waals surface area contributed by atoms with E-state index in [0.717, 1.165) is 25.7 Å². The van der Waals surface area contributed by atoms with Crippen LogP contribution in [0.2, 0.25) is 0 Å². The lowest BCUT2D eigenvalue weighted by Gasteiger charge is -2.21. The van der Waals surface area contributed by atoms with Gasteiger partial charge in [0.25, 0.3) is 6.43 Å². The maximum Gasteiger partial charge on any atom is 0.260 e. The fourth-order valence-corrected chi connectivity index (χ4v) is 1.80. The molecule has 0 heterocycles. The van der Waals surface area contributed by atoms with Gasteiger partial charge in [0.1, 0.15) is 6.04 Å². The molecule has 2 N–H and O–H groups in total. The largest absolute Gasteiger partial charge is 0.387 e. The van der Waals surface area contributed by atoms with Gasteiger partial charge in [0, 0.05) is 5.92 Å². The lowest BCUT2D eigenvalue weighted by atomic mass is 9.88. The molecule has 14 heavy (non-hydrogen) atoms. The van der Waals surface area contributed by atoms with E-state index in [2.05, 4.69) is 4.99 Å². The van der Waals surface area contributed by atoms with Gasteiger partial charge in [-0.05, 0) is 19.8 Å². The Morgan fingerprint density at radius 2 is 1.86 bits per heavy atom. The first-order valence-corrected chi connectivity index (χ1v) is 5.22. The highest BCUT2D eigenvalue weighted by Crippen LogP contribution is 2.24. The molecule has 1 fully saturated rings. The van der Waals surface area contributed by atoms with Crippen LogP contribution < -0.4 is 5.73 Å². The molecular formula is C10H18F2N2. The summed E-state index contributed by atoms with van der Waals surface area (Å²) in [5, 5.41) is 0. The molecule has 0 spiro atoms. The smallest absolute Gasteiger partial charge is 0.260 e. The van der Waals surface area contributed by atoms with E-state index in [4.69, 9.17) is 5.73 Å². The molecule has 0 aromatic heterocycles. The van der Waals surface area contributed by atoms with Gasteiger partial charge in [0.15, 0.2) is 0 Å². The molecule has 1 unspecified atom stereocenters. The molecule has 1 saturated carbocycles. The average Bonchev–Trinajstić information content (AvgIpc) is 2.19. The van der Waals surface area contributed by atoms with Crippen LogP contribution in [0.5, 0.6) is 0 Å². The Kier molecular flexibility index (Phi) is 4.29. The van der Waals surface area contributed by atoms with E-state index in [9.17, 15) is 8.78 Å². The topological polar surface area (TPSA) is 38.4 Å². The number of nitrogens with zero attached hydrogens (tertiary/aromatic N) is 1. The normalized spacial score (nSPS) is 22.7. The lowest BCUT2D eigenvalue weighted by Crippen LogP contribution is -2.28. The van der Waals surface area contributed by atoms with Crippen LogP contribution in [0.3, 0.4) is 0 Å². The summed E-state index contributed by atoms with van der Waals surface area (Å²) in [4.78, 5) is 3.84. The van der Waals surface area contributed by atoms with Crippen molar-refractivity contribution < 1.29 is 8.78 Å². The van der Waals surface area contributed by atoms with E-state index < -0.39 is 12.5 Å². The number of hydrogen-bond donors (Lipinski definition) is 1. The van der Waals surface area contributed by atoms with Crippen LogP contribution >= 0.6 is 0 Å². The van der Waals surface area contributed by atoms with Crippen molar-refractivity contribution in [1.29, 1.82) is 0 Å². The van der Waals surface area contributed by atoms with E-state index in [1.165, 1.54) is 13.3 Å². The number of alkyl halides is 2. The molecule has 82 valence electrons. The predicted octanol–water partition coefficient (Wildman–Crippen LogP) is 2.58. The second kappa shape index (κ2) is 5.27. The molecule has 1 atom stereocenters. The van der Waals surface area contributed by atoms with Crippen molar-refractivity contribution >= 4 is 5.84 Å². The summed E-state index contributed by atoms with van der Waals surface area (Å²) < 4.78 is 24.4. The molecular weight excluding hydrogens is 186 g/mol. The molecule has 4 heteroatoms. The zero-order chi connectivity index (χ0) is 10.6. The fourth-order valence-electron chi connectivity index (χ4n) is 1.80. The van der Waals surface area contributed by atoms with Crippen LogP contribution in [-0.2, 0) is 0 Å². The van der Waals surface area contributed by atoms with Gasteiger partial charge >= 0.3 is 0 Å². The highest BCUT2D eigenvalue weighted by Gasteiger charge is 2.19. The molecule has 1 rings (SSSR count). The molecule has 1 aliphatic rings. The standard InChI is InChI=1S/C10H18F2N2/c1-7(9(11)12)14-10(13)8-5-3-2-4-6-8/h7-9H,2-6H2,1H3,(H2,13,14). The number of aliphatic imine (C=N–C) groups is 1. The van der Waals surface area contributed by atoms with E-state index in [1.54, 1.807) is 0 Å². The van der Waals surface area contributed by atoms with Gasteiger partial charge in [-0.15, -0.1) is 0 Å². The van der Waals surface area contributed by atoms with Gasteiger partial charge in [0.2, 0.25) is 0 Å². The third-order valence-corrected chi connectivity index (χ3v) is 2.74. The van der Waals surface area contributed by atoms with Gasteiger partial charge in [-0.2, -0.15) is 0 Å². The first kappa shape index (κ1) is 11.4. The van der Waals surface area contributed by atoms with Gasteiger partial charge in [0.05, 0.1) is 5.84 Å². The molecule has 0 bridgehead atoms. The average molecular weight is 204 g/mol. The maximum absolute atomic E-state index is 12.2.